The van der Waals surface area contributed by atoms with Crippen molar-refractivity contribution in [1.29, 1.82) is 0 Å². The molecule has 2 aliphatic heterocycles. The van der Waals surface area contributed by atoms with E-state index in [4.69, 9.17) is 14.2 Å². The predicted octanol–water partition coefficient (Wildman–Crippen LogP) is 5.97. The van der Waals surface area contributed by atoms with E-state index in [0.29, 0.717) is 49.6 Å². The number of benzene rings is 1. The minimum absolute atomic E-state index is 0.0260. The fourth-order valence-corrected chi connectivity index (χ4v) is 10.2. The summed E-state index contributed by atoms with van der Waals surface area (Å²) in [6.45, 7) is 12.8. The zero-order valence-corrected chi connectivity index (χ0v) is 37.2. The van der Waals surface area contributed by atoms with E-state index in [0.717, 1.165) is 36.0 Å². The first-order chi connectivity index (χ1) is 28.8. The summed E-state index contributed by atoms with van der Waals surface area (Å²) in [6.07, 6.45) is 7.11. The van der Waals surface area contributed by atoms with Gasteiger partial charge in [0.1, 0.15) is 0 Å². The molecule has 18 nitrogen and oxygen atoms in total. The Balaban J connectivity index is 0.963. The van der Waals surface area contributed by atoms with Crippen LogP contribution in [0.25, 0.3) is 0 Å². The number of methoxy groups -OCH3 is 1. The first-order valence-corrected chi connectivity index (χ1v) is 23.5. The molecule has 0 saturated heterocycles. The number of fused-ring (bicyclic) bond motifs is 3. The molecular formula is C41H55N9O9S2. The van der Waals surface area contributed by atoms with Gasteiger partial charge in [-0.15, -0.1) is 0 Å². The SMILES string of the molecule is COc1cc(C(C)C)c(NC(=O)NS(=O)(=O)c2cnn3c2OCC(C)(CCC2(C)COc4c(S(=O)(=O)NC(=O)NC5CCCCc6ccccc65)cnn4C2)C3)c(C(C)C)n1. The van der Waals surface area contributed by atoms with E-state index in [1.807, 2.05) is 65.8 Å². The molecule has 0 bridgehead atoms. The molecule has 0 saturated carbocycles. The second-order valence-corrected chi connectivity index (χ2v) is 20.9. The van der Waals surface area contributed by atoms with Crippen LogP contribution in [0.4, 0.5) is 15.3 Å². The Morgan fingerprint density at radius 1 is 0.852 bits per heavy atom. The summed E-state index contributed by atoms with van der Waals surface area (Å²) in [5, 5.41) is 14.2. The van der Waals surface area contributed by atoms with Gasteiger partial charge in [0, 0.05) is 16.9 Å². The molecule has 0 spiro atoms. The number of carbonyl (C=O) groups excluding carboxylic acids is 2. The number of aryl methyl sites for hydroxylation is 1. The fourth-order valence-electron chi connectivity index (χ4n) is 8.23. The molecule has 20 heteroatoms. The largest absolute Gasteiger partial charge is 0.481 e. The van der Waals surface area contributed by atoms with Gasteiger partial charge in [-0.3, -0.25) is 0 Å². The molecule has 61 heavy (non-hydrogen) atoms. The average Bonchev–Trinajstić information content (AvgIpc) is 3.77. The monoisotopic (exact) mass is 881 g/mol. The number of sulfonamides is 2. The number of amides is 4. The average molecular weight is 882 g/mol. The Morgan fingerprint density at radius 2 is 1.43 bits per heavy atom. The highest BCUT2D eigenvalue weighted by atomic mass is 32.2. The zero-order chi connectivity index (χ0) is 43.9. The quantitative estimate of drug-likeness (QED) is 0.121. The molecular weight excluding hydrogens is 827 g/mol. The summed E-state index contributed by atoms with van der Waals surface area (Å²) in [5.74, 6) is 0.349. The number of rotatable bonds is 12. The second kappa shape index (κ2) is 16.8. The molecule has 3 unspecified atom stereocenters. The van der Waals surface area contributed by atoms with Gasteiger partial charge in [0.05, 0.1) is 63.2 Å². The van der Waals surface area contributed by atoms with E-state index in [1.54, 1.807) is 6.07 Å². The summed E-state index contributed by atoms with van der Waals surface area (Å²) in [7, 11) is -7.21. The van der Waals surface area contributed by atoms with E-state index in [2.05, 4.69) is 35.3 Å². The number of pyridine rings is 1. The summed E-state index contributed by atoms with van der Waals surface area (Å²) in [4.78, 5) is 30.3. The van der Waals surface area contributed by atoms with Crippen LogP contribution in [0.1, 0.15) is 114 Å². The minimum atomic E-state index is -4.41. The van der Waals surface area contributed by atoms with Crippen LogP contribution in [0.2, 0.25) is 0 Å². The number of nitrogens with zero attached hydrogens (tertiary/aromatic N) is 5. The van der Waals surface area contributed by atoms with E-state index >= 15 is 0 Å². The maximum atomic E-state index is 13.6. The van der Waals surface area contributed by atoms with Crippen molar-refractivity contribution in [2.75, 3.05) is 25.6 Å². The first kappa shape index (κ1) is 43.7. The van der Waals surface area contributed by atoms with Crippen molar-refractivity contribution in [3.8, 4) is 17.6 Å². The Labute approximate surface area is 356 Å². The summed E-state index contributed by atoms with van der Waals surface area (Å²) in [5.41, 5.74) is 2.94. The first-order valence-electron chi connectivity index (χ1n) is 20.5. The standard InChI is InChI=1S/C41H55N9O9S2/c1-25(2)29-18-33(57-7)45-34(26(3)4)35(29)46-39(52)48-61(55,56)32-20-43-50-22-41(6,24-59-37(32)50)17-16-40(5)21-49-36(58-23-40)31(19-42-49)60(53,54)47-38(51)44-30-15-11-9-13-27-12-8-10-14-28(27)30/h8,10,12,14,18-20,25-26,30H,9,11,13,15-17,21-24H2,1-7H3,(H2,44,47,51)(H2,46,48,52). The number of ether oxygens (including phenoxy) is 3. The highest BCUT2D eigenvalue weighted by Crippen LogP contribution is 2.42. The number of hydrogen-bond donors (Lipinski definition) is 4. The van der Waals surface area contributed by atoms with Gasteiger partial charge in [0.2, 0.25) is 17.6 Å². The Kier molecular flexibility index (Phi) is 12.1. The second-order valence-electron chi connectivity index (χ2n) is 17.6. The molecule has 330 valence electrons. The van der Waals surface area contributed by atoms with Gasteiger partial charge < -0.3 is 24.8 Å². The fraction of sp³-hybridized carbons (Fsp3) is 0.537. The van der Waals surface area contributed by atoms with E-state index in [-0.39, 0.29) is 52.6 Å². The van der Waals surface area contributed by atoms with Gasteiger partial charge in [-0.05, 0) is 60.6 Å². The Hall–Kier alpha value is -5.37. The van der Waals surface area contributed by atoms with Crippen molar-refractivity contribution in [1.82, 2.24) is 39.3 Å². The number of hydrogen-bond acceptors (Lipinski definition) is 12. The lowest BCUT2D eigenvalue weighted by Gasteiger charge is -2.39. The molecule has 3 aromatic heterocycles. The van der Waals surface area contributed by atoms with Crippen LogP contribution in [0.15, 0.2) is 52.5 Å². The molecule has 7 rings (SSSR count). The van der Waals surface area contributed by atoms with Crippen LogP contribution in [0.3, 0.4) is 0 Å². The van der Waals surface area contributed by atoms with Crippen molar-refractivity contribution in [2.24, 2.45) is 10.8 Å². The lowest BCUT2D eigenvalue weighted by molar-refractivity contribution is 0.0296. The number of nitrogens with one attached hydrogen (secondary N) is 4. The molecule has 5 heterocycles. The molecule has 3 atom stereocenters. The molecule has 4 N–H and O–H groups in total. The Morgan fingerprint density at radius 3 is 1.98 bits per heavy atom. The summed E-state index contributed by atoms with van der Waals surface area (Å²) in [6, 6.07) is 7.51. The smallest absolute Gasteiger partial charge is 0.333 e. The van der Waals surface area contributed by atoms with Crippen LogP contribution in [0.5, 0.6) is 17.6 Å². The number of carbonyl (C=O) groups is 2. The third-order valence-corrected chi connectivity index (χ3v) is 14.3. The summed E-state index contributed by atoms with van der Waals surface area (Å²) < 4.78 is 78.8. The molecule has 1 aliphatic carbocycles. The topological polar surface area (TPSA) is 227 Å². The number of urea groups is 2. The summed E-state index contributed by atoms with van der Waals surface area (Å²) >= 11 is 0. The predicted molar refractivity (Wildman–Crippen MR) is 225 cm³/mol. The highest BCUT2D eigenvalue weighted by Gasteiger charge is 2.41. The lowest BCUT2D eigenvalue weighted by Crippen LogP contribution is -2.42. The van der Waals surface area contributed by atoms with E-state index in [9.17, 15) is 26.4 Å². The number of aromatic nitrogens is 5. The van der Waals surface area contributed by atoms with Gasteiger partial charge in [-0.2, -0.15) is 10.2 Å². The van der Waals surface area contributed by atoms with Crippen LogP contribution in [-0.2, 0) is 39.6 Å². The van der Waals surface area contributed by atoms with Crippen LogP contribution >= 0.6 is 0 Å². The third kappa shape index (κ3) is 9.29. The van der Waals surface area contributed by atoms with Crippen LogP contribution in [0, 0.1) is 10.8 Å². The van der Waals surface area contributed by atoms with Crippen molar-refractivity contribution in [3.05, 3.63) is 65.1 Å². The third-order valence-electron chi connectivity index (χ3n) is 11.7. The zero-order valence-electron chi connectivity index (χ0n) is 35.6. The molecule has 4 aromatic rings. The molecule has 3 aliphatic rings. The molecule has 0 radical (unpaired) electrons. The van der Waals surface area contributed by atoms with Crippen LogP contribution in [-0.4, -0.2) is 73.8 Å². The van der Waals surface area contributed by atoms with Crippen molar-refractivity contribution < 1.29 is 40.6 Å². The molecule has 0 fully saturated rings. The maximum Gasteiger partial charge on any atom is 0.333 e. The molecule has 1 aromatic carbocycles. The Bertz CT molecular complexity index is 2510. The maximum absolute atomic E-state index is 13.6. The van der Waals surface area contributed by atoms with Gasteiger partial charge in [-0.1, -0.05) is 72.2 Å². The van der Waals surface area contributed by atoms with Gasteiger partial charge in [-0.25, -0.2) is 50.2 Å². The molecule has 4 amide bonds. The van der Waals surface area contributed by atoms with Gasteiger partial charge in [0.15, 0.2) is 9.79 Å². The number of anilines is 1. The van der Waals surface area contributed by atoms with Crippen molar-refractivity contribution >= 4 is 37.8 Å². The van der Waals surface area contributed by atoms with Gasteiger partial charge >= 0.3 is 12.1 Å². The van der Waals surface area contributed by atoms with Crippen molar-refractivity contribution in [3.63, 3.8) is 0 Å². The van der Waals surface area contributed by atoms with Crippen LogP contribution < -0.4 is 34.3 Å². The van der Waals surface area contributed by atoms with E-state index in [1.165, 1.54) is 28.9 Å². The minimum Gasteiger partial charge on any atom is -0.481 e. The highest BCUT2D eigenvalue weighted by molar-refractivity contribution is 7.90. The lowest BCUT2D eigenvalue weighted by atomic mass is 9.77. The van der Waals surface area contributed by atoms with Gasteiger partial charge in [0.25, 0.3) is 20.0 Å². The normalized spacial score (nSPS) is 21.2. The van der Waals surface area contributed by atoms with Crippen molar-refractivity contribution in [2.45, 2.75) is 121 Å². The van der Waals surface area contributed by atoms with E-state index < -0.39 is 42.9 Å².